The molecule has 6 heteroatoms. The van der Waals surface area contributed by atoms with Crippen molar-refractivity contribution in [2.45, 2.75) is 13.3 Å². The first kappa shape index (κ1) is 14.4. The molecular formula is C12H14ClFN2O2. The van der Waals surface area contributed by atoms with Crippen molar-refractivity contribution in [3.05, 3.63) is 30.1 Å². The van der Waals surface area contributed by atoms with Crippen LogP contribution in [0.3, 0.4) is 0 Å². The molecule has 0 radical (unpaired) electrons. The van der Waals surface area contributed by atoms with Gasteiger partial charge in [0.2, 0.25) is 5.91 Å². The van der Waals surface area contributed by atoms with E-state index in [2.05, 4.69) is 5.32 Å². The van der Waals surface area contributed by atoms with Crippen LogP contribution in [0.1, 0.15) is 13.3 Å². The topological polar surface area (TPSA) is 49.4 Å². The summed E-state index contributed by atoms with van der Waals surface area (Å²) < 4.78 is 12.8. The number of carbonyl (C=O) groups excluding carboxylic acids is 2. The molecule has 1 N–H and O–H groups in total. The molecule has 0 aliphatic carbocycles. The monoisotopic (exact) mass is 272 g/mol. The van der Waals surface area contributed by atoms with Gasteiger partial charge in [-0.1, -0.05) is 0 Å². The predicted molar refractivity (Wildman–Crippen MR) is 68.3 cm³/mol. The Hall–Kier alpha value is -1.62. The Labute approximate surface area is 110 Å². The largest absolute Gasteiger partial charge is 0.328 e. The van der Waals surface area contributed by atoms with Crippen LogP contribution < -0.4 is 10.2 Å². The van der Waals surface area contributed by atoms with Gasteiger partial charge in [-0.3, -0.25) is 15.0 Å². The number of amides is 3. The summed E-state index contributed by atoms with van der Waals surface area (Å²) in [4.78, 5) is 24.4. The Morgan fingerprint density at radius 3 is 2.44 bits per heavy atom. The number of nitrogens with one attached hydrogen (secondary N) is 1. The lowest BCUT2D eigenvalue weighted by Crippen LogP contribution is -2.43. The highest BCUT2D eigenvalue weighted by molar-refractivity contribution is 6.19. The van der Waals surface area contributed by atoms with Gasteiger partial charge in [-0.15, -0.1) is 11.6 Å². The number of rotatable bonds is 4. The third kappa shape index (κ3) is 4.00. The van der Waals surface area contributed by atoms with Gasteiger partial charge in [-0.05, 0) is 31.2 Å². The molecule has 4 nitrogen and oxygen atoms in total. The van der Waals surface area contributed by atoms with E-state index in [4.69, 9.17) is 11.6 Å². The molecule has 0 aliphatic heterocycles. The Kier molecular flexibility index (Phi) is 5.58. The predicted octanol–water partition coefficient (Wildman–Crippen LogP) is 2.52. The van der Waals surface area contributed by atoms with Crippen LogP contribution in [-0.2, 0) is 4.79 Å². The van der Waals surface area contributed by atoms with Gasteiger partial charge in [-0.25, -0.2) is 9.18 Å². The van der Waals surface area contributed by atoms with Crippen LogP contribution in [0.15, 0.2) is 24.3 Å². The molecule has 1 aromatic rings. The molecule has 0 aliphatic rings. The van der Waals surface area contributed by atoms with Gasteiger partial charge in [0.1, 0.15) is 5.82 Å². The quantitative estimate of drug-likeness (QED) is 0.856. The average molecular weight is 273 g/mol. The van der Waals surface area contributed by atoms with Gasteiger partial charge in [0.15, 0.2) is 0 Å². The highest BCUT2D eigenvalue weighted by Gasteiger charge is 2.16. The van der Waals surface area contributed by atoms with Crippen molar-refractivity contribution in [1.29, 1.82) is 0 Å². The van der Waals surface area contributed by atoms with E-state index in [-0.39, 0.29) is 18.1 Å². The van der Waals surface area contributed by atoms with Crippen molar-refractivity contribution in [3.63, 3.8) is 0 Å². The summed E-state index contributed by atoms with van der Waals surface area (Å²) in [5, 5.41) is 2.21. The number of hydrogen-bond acceptors (Lipinski definition) is 2. The van der Waals surface area contributed by atoms with Gasteiger partial charge in [0.25, 0.3) is 0 Å². The lowest BCUT2D eigenvalue weighted by atomic mass is 10.3. The third-order valence-corrected chi connectivity index (χ3v) is 2.46. The third-order valence-electron chi connectivity index (χ3n) is 2.27. The molecule has 0 heterocycles. The Balaban J connectivity index is 2.74. The number of carbonyl (C=O) groups is 2. The second-order valence-corrected chi connectivity index (χ2v) is 3.89. The minimum Gasteiger partial charge on any atom is -0.294 e. The summed E-state index contributed by atoms with van der Waals surface area (Å²) >= 11 is 5.40. The number of halogens is 2. The van der Waals surface area contributed by atoms with Gasteiger partial charge in [0.05, 0.1) is 0 Å². The van der Waals surface area contributed by atoms with Gasteiger partial charge in [0, 0.05) is 24.5 Å². The Morgan fingerprint density at radius 1 is 1.33 bits per heavy atom. The first-order valence-electron chi connectivity index (χ1n) is 5.51. The van der Waals surface area contributed by atoms with Crippen LogP contribution >= 0.6 is 11.6 Å². The summed E-state index contributed by atoms with van der Waals surface area (Å²) in [6.07, 6.45) is 0.0776. The molecule has 0 bridgehead atoms. The van der Waals surface area contributed by atoms with Gasteiger partial charge in [-0.2, -0.15) is 0 Å². The number of imide groups is 1. The van der Waals surface area contributed by atoms with Crippen LogP contribution in [0.4, 0.5) is 14.9 Å². The van der Waals surface area contributed by atoms with Crippen molar-refractivity contribution in [3.8, 4) is 0 Å². The second-order valence-electron chi connectivity index (χ2n) is 3.51. The van der Waals surface area contributed by atoms with Crippen LogP contribution in [-0.4, -0.2) is 24.4 Å². The molecule has 18 heavy (non-hydrogen) atoms. The molecule has 1 rings (SSSR count). The number of urea groups is 1. The summed E-state index contributed by atoms with van der Waals surface area (Å²) in [6, 6.07) is 4.92. The molecular weight excluding hydrogens is 259 g/mol. The highest BCUT2D eigenvalue weighted by Crippen LogP contribution is 2.14. The molecule has 0 saturated heterocycles. The Bertz CT molecular complexity index is 423. The smallest absolute Gasteiger partial charge is 0.294 e. The lowest BCUT2D eigenvalue weighted by Gasteiger charge is -2.20. The molecule has 0 spiro atoms. The van der Waals surface area contributed by atoms with E-state index >= 15 is 0 Å². The van der Waals surface area contributed by atoms with E-state index in [0.29, 0.717) is 12.2 Å². The summed E-state index contributed by atoms with van der Waals surface area (Å²) in [7, 11) is 0. The van der Waals surface area contributed by atoms with Crippen molar-refractivity contribution in [2.24, 2.45) is 0 Å². The van der Waals surface area contributed by atoms with Crippen molar-refractivity contribution in [2.75, 3.05) is 17.3 Å². The second kappa shape index (κ2) is 6.96. The standard InChI is InChI=1S/C12H14ClFN2O2/c1-2-16(10-5-3-9(14)4-6-10)12(18)15-11(17)7-8-13/h3-6H,2,7-8H2,1H3,(H,15,17,18). The first-order valence-corrected chi connectivity index (χ1v) is 6.04. The minimum atomic E-state index is -0.542. The van der Waals surface area contributed by atoms with E-state index in [9.17, 15) is 14.0 Å². The fourth-order valence-electron chi connectivity index (χ4n) is 1.40. The zero-order valence-corrected chi connectivity index (χ0v) is 10.7. The normalized spacial score (nSPS) is 9.94. The minimum absolute atomic E-state index is 0.0776. The average Bonchev–Trinajstić information content (AvgIpc) is 2.32. The van der Waals surface area contributed by atoms with E-state index in [1.54, 1.807) is 6.92 Å². The molecule has 0 fully saturated rings. The number of hydrogen-bond donors (Lipinski definition) is 1. The number of alkyl halides is 1. The SMILES string of the molecule is CCN(C(=O)NC(=O)CCCl)c1ccc(F)cc1. The van der Waals surface area contributed by atoms with Crippen LogP contribution in [0.2, 0.25) is 0 Å². The maximum Gasteiger partial charge on any atom is 0.328 e. The van der Waals surface area contributed by atoms with Crippen molar-refractivity contribution >= 4 is 29.2 Å². The summed E-state index contributed by atoms with van der Waals surface area (Å²) in [5.41, 5.74) is 0.523. The molecule has 1 aromatic carbocycles. The number of benzene rings is 1. The first-order chi connectivity index (χ1) is 8.58. The highest BCUT2D eigenvalue weighted by atomic mass is 35.5. The lowest BCUT2D eigenvalue weighted by molar-refractivity contribution is -0.119. The van der Waals surface area contributed by atoms with Crippen LogP contribution in [0.25, 0.3) is 0 Å². The zero-order chi connectivity index (χ0) is 13.5. The van der Waals surface area contributed by atoms with Crippen LogP contribution in [0.5, 0.6) is 0 Å². The molecule has 0 saturated carbocycles. The van der Waals surface area contributed by atoms with Gasteiger partial charge >= 0.3 is 6.03 Å². The molecule has 98 valence electrons. The number of anilines is 1. The number of nitrogens with zero attached hydrogens (tertiary/aromatic N) is 1. The fourth-order valence-corrected chi connectivity index (χ4v) is 1.57. The molecule has 0 atom stereocenters. The maximum absolute atomic E-state index is 12.8. The van der Waals surface area contributed by atoms with E-state index in [1.807, 2.05) is 0 Å². The summed E-state index contributed by atoms with van der Waals surface area (Å²) in [6.45, 7) is 2.13. The molecule has 0 aromatic heterocycles. The maximum atomic E-state index is 12.8. The van der Waals surface area contributed by atoms with Gasteiger partial charge < -0.3 is 0 Å². The van der Waals surface area contributed by atoms with Crippen LogP contribution in [0, 0.1) is 5.82 Å². The molecule has 0 unspecified atom stereocenters. The summed E-state index contributed by atoms with van der Waals surface area (Å²) in [5.74, 6) is -0.661. The van der Waals surface area contributed by atoms with Crippen molar-refractivity contribution in [1.82, 2.24) is 5.32 Å². The molecule has 3 amide bonds. The van der Waals surface area contributed by atoms with E-state index in [0.717, 1.165) is 0 Å². The Morgan fingerprint density at radius 2 is 1.94 bits per heavy atom. The van der Waals surface area contributed by atoms with Crippen molar-refractivity contribution < 1.29 is 14.0 Å². The van der Waals surface area contributed by atoms with E-state index in [1.165, 1.54) is 29.2 Å². The van der Waals surface area contributed by atoms with E-state index < -0.39 is 11.9 Å². The zero-order valence-electron chi connectivity index (χ0n) is 9.95. The fraction of sp³-hybridized carbons (Fsp3) is 0.333.